The lowest BCUT2D eigenvalue weighted by atomic mass is 10.0. The zero-order chi connectivity index (χ0) is 15.7. The molecule has 2 N–H and O–H groups in total. The lowest BCUT2D eigenvalue weighted by Gasteiger charge is -2.28. The number of piperidine rings is 1. The third-order valence-electron chi connectivity index (χ3n) is 4.05. The maximum atomic E-state index is 12.7. The van der Waals surface area contributed by atoms with Crippen LogP contribution in [0, 0.1) is 6.92 Å². The Hall–Kier alpha value is -1.21. The average molecular weight is 356 g/mol. The highest BCUT2D eigenvalue weighted by Crippen LogP contribution is 2.22. The molecule has 2 aromatic rings. The first-order valence-corrected chi connectivity index (χ1v) is 9.05. The summed E-state index contributed by atoms with van der Waals surface area (Å²) in [6, 6.07) is 7.53. The van der Waals surface area contributed by atoms with Crippen LogP contribution in [-0.2, 0) is 10.0 Å². The molecule has 0 aliphatic carbocycles. The zero-order valence-electron chi connectivity index (χ0n) is 13.2. The van der Waals surface area contributed by atoms with E-state index in [-0.39, 0.29) is 23.3 Å². The van der Waals surface area contributed by atoms with Crippen molar-refractivity contribution in [2.75, 3.05) is 6.54 Å². The van der Waals surface area contributed by atoms with Crippen LogP contribution in [0.2, 0.25) is 0 Å². The zero-order valence-corrected chi connectivity index (χ0v) is 14.9. The van der Waals surface area contributed by atoms with Crippen LogP contribution in [0.5, 0.6) is 0 Å². The molecular formula is C16H22ClN3O2S. The number of aromatic nitrogens is 1. The predicted octanol–water partition coefficient (Wildman–Crippen LogP) is 2.38. The minimum atomic E-state index is -3.56. The molecule has 1 fully saturated rings. The molecule has 1 aromatic heterocycles. The Morgan fingerprint density at radius 1 is 1.35 bits per heavy atom. The molecule has 1 aliphatic heterocycles. The Bertz CT molecular complexity index is 795. The monoisotopic (exact) mass is 355 g/mol. The maximum absolute atomic E-state index is 12.7. The van der Waals surface area contributed by atoms with Gasteiger partial charge in [0.1, 0.15) is 4.90 Å². The molecule has 2 unspecified atom stereocenters. The molecule has 2 heterocycles. The van der Waals surface area contributed by atoms with Gasteiger partial charge in [-0.05, 0) is 50.9 Å². The number of aryl methyl sites for hydroxylation is 1. The molecule has 0 radical (unpaired) electrons. The minimum absolute atomic E-state index is 0. The molecule has 0 amide bonds. The van der Waals surface area contributed by atoms with E-state index in [1.165, 1.54) is 0 Å². The summed E-state index contributed by atoms with van der Waals surface area (Å²) in [6.07, 6.45) is 3.31. The second-order valence-corrected chi connectivity index (χ2v) is 7.72. The molecule has 2 atom stereocenters. The van der Waals surface area contributed by atoms with Gasteiger partial charge in [0, 0.05) is 23.7 Å². The summed E-state index contributed by atoms with van der Waals surface area (Å²) in [5, 5.41) is 4.17. The summed E-state index contributed by atoms with van der Waals surface area (Å²) in [4.78, 5) is 4.58. The molecule has 0 spiro atoms. The molecule has 0 bridgehead atoms. The molecule has 1 aliphatic rings. The summed E-state index contributed by atoms with van der Waals surface area (Å²) < 4.78 is 28.3. The molecule has 5 nitrogen and oxygen atoms in total. The second kappa shape index (κ2) is 7.13. The van der Waals surface area contributed by atoms with Crippen molar-refractivity contribution in [2.24, 2.45) is 0 Å². The first-order valence-electron chi connectivity index (χ1n) is 7.57. The summed E-state index contributed by atoms with van der Waals surface area (Å²) in [6.45, 7) is 4.85. The van der Waals surface area contributed by atoms with Crippen LogP contribution in [0.1, 0.15) is 25.3 Å². The third-order valence-corrected chi connectivity index (χ3v) is 5.60. The van der Waals surface area contributed by atoms with Crippen molar-refractivity contribution >= 4 is 33.3 Å². The largest absolute Gasteiger partial charge is 0.314 e. The van der Waals surface area contributed by atoms with Crippen LogP contribution in [0.15, 0.2) is 35.4 Å². The summed E-state index contributed by atoms with van der Waals surface area (Å²) in [5.74, 6) is 0. The number of benzene rings is 1. The number of nitrogens with one attached hydrogen (secondary N) is 2. The topological polar surface area (TPSA) is 71.1 Å². The first-order chi connectivity index (χ1) is 10.5. The van der Waals surface area contributed by atoms with Crippen LogP contribution in [0.4, 0.5) is 0 Å². The third kappa shape index (κ3) is 4.01. The smallest absolute Gasteiger partial charge is 0.242 e. The molecular weight excluding hydrogens is 334 g/mol. The standard InChI is InChI=1S/C16H21N3O2S.ClH/c1-11-8-13-4-3-5-15(16(13)18-10-11)22(20,21)19-14-6-7-17-12(2)9-14;/h3-5,8,10,12,14,17,19H,6-7,9H2,1-2H3;1H. The van der Waals surface area contributed by atoms with Gasteiger partial charge in [0.15, 0.2) is 0 Å². The predicted molar refractivity (Wildman–Crippen MR) is 94.5 cm³/mol. The Labute approximate surface area is 143 Å². The Balaban J connectivity index is 0.00000192. The van der Waals surface area contributed by atoms with E-state index in [4.69, 9.17) is 0 Å². The van der Waals surface area contributed by atoms with E-state index >= 15 is 0 Å². The molecule has 0 saturated carbocycles. The van der Waals surface area contributed by atoms with Crippen LogP contribution in [-0.4, -0.2) is 32.0 Å². The van der Waals surface area contributed by atoms with Crippen LogP contribution >= 0.6 is 12.4 Å². The molecule has 1 saturated heterocycles. The Morgan fingerprint density at radius 2 is 2.13 bits per heavy atom. The van der Waals surface area contributed by atoms with Crippen molar-refractivity contribution in [3.05, 3.63) is 36.0 Å². The molecule has 3 rings (SSSR count). The lowest BCUT2D eigenvalue weighted by Crippen LogP contribution is -2.46. The number of hydrogen-bond donors (Lipinski definition) is 2. The van der Waals surface area contributed by atoms with Crippen molar-refractivity contribution in [2.45, 2.75) is 43.7 Å². The second-order valence-electron chi connectivity index (χ2n) is 6.04. The summed E-state index contributed by atoms with van der Waals surface area (Å²) in [7, 11) is -3.56. The van der Waals surface area contributed by atoms with E-state index < -0.39 is 10.0 Å². The van der Waals surface area contributed by atoms with Crippen molar-refractivity contribution < 1.29 is 8.42 Å². The SMILES string of the molecule is Cc1cnc2c(S(=O)(=O)NC3CCNC(C)C3)cccc2c1.Cl. The molecule has 23 heavy (non-hydrogen) atoms. The van der Waals surface area contributed by atoms with E-state index in [1.807, 2.05) is 19.1 Å². The van der Waals surface area contributed by atoms with Gasteiger partial charge in [-0.1, -0.05) is 12.1 Å². The highest BCUT2D eigenvalue weighted by atomic mass is 35.5. The molecule has 126 valence electrons. The Kier molecular flexibility index (Phi) is 5.62. The van der Waals surface area contributed by atoms with Gasteiger partial charge in [-0.2, -0.15) is 0 Å². The van der Waals surface area contributed by atoms with Gasteiger partial charge in [-0.3, -0.25) is 4.98 Å². The average Bonchev–Trinajstić information content (AvgIpc) is 2.45. The van der Waals surface area contributed by atoms with E-state index in [2.05, 4.69) is 21.9 Å². The van der Waals surface area contributed by atoms with Gasteiger partial charge in [0.2, 0.25) is 10.0 Å². The lowest BCUT2D eigenvalue weighted by molar-refractivity contribution is 0.361. The van der Waals surface area contributed by atoms with E-state index in [9.17, 15) is 8.42 Å². The van der Waals surface area contributed by atoms with Crippen molar-refractivity contribution in [3.8, 4) is 0 Å². The fraction of sp³-hybridized carbons (Fsp3) is 0.438. The number of hydrogen-bond acceptors (Lipinski definition) is 4. The molecule has 1 aromatic carbocycles. The number of fused-ring (bicyclic) bond motifs is 1. The highest BCUT2D eigenvalue weighted by molar-refractivity contribution is 7.89. The van der Waals surface area contributed by atoms with Crippen LogP contribution < -0.4 is 10.0 Å². The summed E-state index contributed by atoms with van der Waals surface area (Å²) >= 11 is 0. The number of sulfonamides is 1. The van der Waals surface area contributed by atoms with Gasteiger partial charge in [0.25, 0.3) is 0 Å². The number of para-hydroxylation sites is 1. The van der Waals surface area contributed by atoms with E-state index in [0.29, 0.717) is 11.6 Å². The van der Waals surface area contributed by atoms with Gasteiger partial charge in [0.05, 0.1) is 5.52 Å². The highest BCUT2D eigenvalue weighted by Gasteiger charge is 2.25. The van der Waals surface area contributed by atoms with Crippen molar-refractivity contribution in [1.82, 2.24) is 15.0 Å². The normalized spacial score (nSPS) is 21.8. The van der Waals surface area contributed by atoms with Crippen molar-refractivity contribution in [1.29, 1.82) is 0 Å². The first kappa shape index (κ1) is 18.1. The fourth-order valence-electron chi connectivity index (χ4n) is 2.98. The number of halogens is 1. The number of nitrogens with zero attached hydrogens (tertiary/aromatic N) is 1. The van der Waals surface area contributed by atoms with Crippen LogP contribution in [0.25, 0.3) is 10.9 Å². The van der Waals surface area contributed by atoms with Gasteiger partial charge in [-0.25, -0.2) is 13.1 Å². The van der Waals surface area contributed by atoms with E-state index in [0.717, 1.165) is 30.3 Å². The minimum Gasteiger partial charge on any atom is -0.314 e. The van der Waals surface area contributed by atoms with Crippen LogP contribution in [0.3, 0.4) is 0 Å². The van der Waals surface area contributed by atoms with Gasteiger partial charge in [-0.15, -0.1) is 12.4 Å². The quantitative estimate of drug-likeness (QED) is 0.886. The summed E-state index contributed by atoms with van der Waals surface area (Å²) in [5.41, 5.74) is 1.55. The van der Waals surface area contributed by atoms with Gasteiger partial charge >= 0.3 is 0 Å². The van der Waals surface area contributed by atoms with Crippen molar-refractivity contribution in [3.63, 3.8) is 0 Å². The Morgan fingerprint density at radius 3 is 2.87 bits per heavy atom. The number of pyridine rings is 1. The van der Waals surface area contributed by atoms with Gasteiger partial charge < -0.3 is 5.32 Å². The number of rotatable bonds is 3. The molecule has 7 heteroatoms. The van der Waals surface area contributed by atoms with E-state index in [1.54, 1.807) is 18.3 Å². The maximum Gasteiger partial charge on any atom is 0.242 e. The fourth-order valence-corrected chi connectivity index (χ4v) is 4.44.